The van der Waals surface area contributed by atoms with Crippen LogP contribution in [-0.2, 0) is 4.79 Å². The van der Waals surface area contributed by atoms with E-state index in [4.69, 9.17) is 5.11 Å². The van der Waals surface area contributed by atoms with E-state index in [0.29, 0.717) is 0 Å². The normalized spacial score (nSPS) is 11.4. The van der Waals surface area contributed by atoms with Crippen LogP contribution in [0.1, 0.15) is 6.42 Å². The average molecular weight is 156 g/mol. The van der Waals surface area contributed by atoms with Crippen LogP contribution >= 0.6 is 12.6 Å². The molecule has 0 aromatic carbocycles. The molecule has 0 aliphatic carbocycles. The molecule has 1 N–H and O–H groups in total. The van der Waals surface area contributed by atoms with Gasteiger partial charge in [-0.1, -0.05) is 0 Å². The third-order valence-corrected chi connectivity index (χ3v) is 0.962. The fraction of sp³-hybridized carbons (Fsp3) is 0.750. The number of carboxylic acid groups (broad SMARTS) is 1. The van der Waals surface area contributed by atoms with Crippen molar-refractivity contribution in [2.45, 2.75) is 12.3 Å². The zero-order chi connectivity index (χ0) is 7.49. The second-order valence-electron chi connectivity index (χ2n) is 1.48. The molecule has 0 fully saturated rings. The Morgan fingerprint density at radius 1 is 1.67 bits per heavy atom. The predicted molar refractivity (Wildman–Crippen MR) is 31.1 cm³/mol. The minimum absolute atomic E-state index is 0.126. The summed E-state index contributed by atoms with van der Waals surface area (Å²) in [4.78, 5) is 9.63. The zero-order valence-corrected chi connectivity index (χ0v) is 5.37. The van der Waals surface area contributed by atoms with Crippen molar-refractivity contribution in [2.24, 2.45) is 0 Å². The maximum atomic E-state index is 11.9. The quantitative estimate of drug-likeness (QED) is 0.599. The molecule has 0 heterocycles. The van der Waals surface area contributed by atoms with Gasteiger partial charge in [-0.15, -0.1) is 0 Å². The molecule has 0 aliphatic heterocycles. The Kier molecular flexibility index (Phi) is 2.90. The van der Waals surface area contributed by atoms with Crippen molar-refractivity contribution in [3.05, 3.63) is 0 Å². The molecule has 2 nitrogen and oxygen atoms in total. The number of rotatable bonds is 3. The number of aliphatic carboxylic acids is 1. The molecule has 0 aliphatic rings. The molecule has 9 heavy (non-hydrogen) atoms. The first-order chi connectivity index (χ1) is 4.00. The molecule has 0 bridgehead atoms. The van der Waals surface area contributed by atoms with E-state index < -0.39 is 18.3 Å². The fourth-order valence-electron chi connectivity index (χ4n) is 0.247. The summed E-state index contributed by atoms with van der Waals surface area (Å²) in [6.45, 7) is 0. The van der Waals surface area contributed by atoms with Crippen LogP contribution in [0, 0.1) is 0 Å². The van der Waals surface area contributed by atoms with Gasteiger partial charge in [0.1, 0.15) is 0 Å². The SMILES string of the molecule is O=C(O)C(F)(F)CCS. The third kappa shape index (κ3) is 2.64. The Hall–Kier alpha value is -0.320. The van der Waals surface area contributed by atoms with Gasteiger partial charge in [0, 0.05) is 6.42 Å². The van der Waals surface area contributed by atoms with Crippen LogP contribution in [0.2, 0.25) is 0 Å². The van der Waals surface area contributed by atoms with E-state index in [-0.39, 0.29) is 5.75 Å². The maximum absolute atomic E-state index is 11.9. The molecule has 0 spiro atoms. The smallest absolute Gasteiger partial charge is 0.374 e. The van der Waals surface area contributed by atoms with E-state index in [1.807, 2.05) is 0 Å². The number of halogens is 2. The van der Waals surface area contributed by atoms with Crippen LogP contribution in [0.3, 0.4) is 0 Å². The van der Waals surface area contributed by atoms with E-state index >= 15 is 0 Å². The highest BCUT2D eigenvalue weighted by atomic mass is 32.1. The van der Waals surface area contributed by atoms with Crippen LogP contribution in [0.4, 0.5) is 8.78 Å². The lowest BCUT2D eigenvalue weighted by molar-refractivity contribution is -0.164. The number of carbonyl (C=O) groups is 1. The summed E-state index contributed by atoms with van der Waals surface area (Å²) in [5.41, 5.74) is 0. The molecule has 5 heteroatoms. The van der Waals surface area contributed by atoms with Crippen LogP contribution < -0.4 is 0 Å². The van der Waals surface area contributed by atoms with Crippen LogP contribution in [-0.4, -0.2) is 22.8 Å². The molecule has 0 aromatic rings. The summed E-state index contributed by atoms with van der Waals surface area (Å²) in [7, 11) is 0. The Morgan fingerprint density at radius 2 is 2.11 bits per heavy atom. The maximum Gasteiger partial charge on any atom is 0.374 e. The topological polar surface area (TPSA) is 37.3 Å². The number of carboxylic acids is 1. The molecule has 0 unspecified atom stereocenters. The monoisotopic (exact) mass is 156 g/mol. The van der Waals surface area contributed by atoms with Crippen molar-refractivity contribution in [3.8, 4) is 0 Å². The number of hydrogen-bond donors (Lipinski definition) is 2. The van der Waals surface area contributed by atoms with Crippen molar-refractivity contribution in [2.75, 3.05) is 5.75 Å². The van der Waals surface area contributed by atoms with Crippen molar-refractivity contribution in [3.63, 3.8) is 0 Å². The Labute approximate surface area is 56.3 Å². The molecule has 0 saturated heterocycles. The highest BCUT2D eigenvalue weighted by molar-refractivity contribution is 7.80. The van der Waals surface area contributed by atoms with Gasteiger partial charge in [-0.3, -0.25) is 0 Å². The molecule has 0 atom stereocenters. The molecule has 0 rings (SSSR count). The number of hydrogen-bond acceptors (Lipinski definition) is 2. The van der Waals surface area contributed by atoms with Crippen LogP contribution in [0.5, 0.6) is 0 Å². The van der Waals surface area contributed by atoms with Gasteiger partial charge >= 0.3 is 11.9 Å². The van der Waals surface area contributed by atoms with Gasteiger partial charge < -0.3 is 5.11 Å². The summed E-state index contributed by atoms with van der Waals surface area (Å²) in [5, 5.41) is 7.79. The van der Waals surface area contributed by atoms with Gasteiger partial charge in [0.25, 0.3) is 0 Å². The predicted octanol–water partition coefficient (Wildman–Crippen LogP) is 1.03. The summed E-state index contributed by atoms with van der Waals surface area (Å²) in [6, 6.07) is 0. The van der Waals surface area contributed by atoms with E-state index in [1.165, 1.54) is 0 Å². The lowest BCUT2D eigenvalue weighted by atomic mass is 10.3. The summed E-state index contributed by atoms with van der Waals surface area (Å²) >= 11 is 3.47. The molecular formula is C4H6F2O2S. The molecule has 0 saturated carbocycles. The molecule has 0 radical (unpaired) electrons. The summed E-state index contributed by atoms with van der Waals surface area (Å²) in [5.74, 6) is -5.82. The van der Waals surface area contributed by atoms with E-state index in [9.17, 15) is 13.6 Å². The van der Waals surface area contributed by atoms with Gasteiger partial charge in [0.2, 0.25) is 0 Å². The first-order valence-corrected chi connectivity index (χ1v) is 2.86. The van der Waals surface area contributed by atoms with Crippen molar-refractivity contribution < 1.29 is 18.7 Å². The first-order valence-electron chi connectivity index (χ1n) is 2.23. The Morgan fingerprint density at radius 3 is 2.22 bits per heavy atom. The highest BCUT2D eigenvalue weighted by Gasteiger charge is 2.37. The number of thiol groups is 1. The van der Waals surface area contributed by atoms with Crippen molar-refractivity contribution >= 4 is 18.6 Å². The highest BCUT2D eigenvalue weighted by Crippen LogP contribution is 2.18. The second kappa shape index (κ2) is 3.00. The van der Waals surface area contributed by atoms with E-state index in [2.05, 4.69) is 12.6 Å². The van der Waals surface area contributed by atoms with Crippen molar-refractivity contribution in [1.82, 2.24) is 0 Å². The zero-order valence-electron chi connectivity index (χ0n) is 4.47. The minimum Gasteiger partial charge on any atom is -0.477 e. The van der Waals surface area contributed by atoms with Gasteiger partial charge in [-0.25, -0.2) is 4.79 Å². The van der Waals surface area contributed by atoms with Gasteiger partial charge in [-0.2, -0.15) is 21.4 Å². The molecular weight excluding hydrogens is 150 g/mol. The summed E-state index contributed by atoms with van der Waals surface area (Å²) in [6.07, 6.45) is -0.717. The van der Waals surface area contributed by atoms with Gasteiger partial charge in [0.15, 0.2) is 0 Å². The second-order valence-corrected chi connectivity index (χ2v) is 1.93. The van der Waals surface area contributed by atoms with Gasteiger partial charge in [0.05, 0.1) is 0 Å². The summed E-state index contributed by atoms with van der Waals surface area (Å²) < 4.78 is 23.8. The van der Waals surface area contributed by atoms with Crippen molar-refractivity contribution in [1.29, 1.82) is 0 Å². The molecule has 0 amide bonds. The van der Waals surface area contributed by atoms with Crippen LogP contribution in [0.15, 0.2) is 0 Å². The first kappa shape index (κ1) is 8.68. The largest absolute Gasteiger partial charge is 0.477 e. The van der Waals surface area contributed by atoms with Crippen LogP contribution in [0.25, 0.3) is 0 Å². The molecule has 0 aromatic heterocycles. The lowest BCUT2D eigenvalue weighted by Crippen LogP contribution is -2.28. The minimum atomic E-state index is -3.61. The third-order valence-electron chi connectivity index (χ3n) is 0.739. The lowest BCUT2D eigenvalue weighted by Gasteiger charge is -2.07. The van der Waals surface area contributed by atoms with Gasteiger partial charge in [-0.05, 0) is 5.75 Å². The van der Waals surface area contributed by atoms with E-state index in [0.717, 1.165) is 0 Å². The fourth-order valence-corrected chi connectivity index (χ4v) is 0.528. The average Bonchev–Trinajstić information content (AvgIpc) is 1.65. The standard InChI is InChI=1S/C4H6F2O2S/c5-4(6,1-2-9)3(7)8/h9H,1-2H2,(H,7,8). The Balaban J connectivity index is 3.85. The van der Waals surface area contributed by atoms with E-state index in [1.54, 1.807) is 0 Å². The molecule has 54 valence electrons. The number of alkyl halides is 2. The Bertz CT molecular complexity index is 115.